The Morgan fingerprint density at radius 2 is 1.88 bits per heavy atom. The number of aryl methyl sites for hydroxylation is 1. The van der Waals surface area contributed by atoms with Crippen LogP contribution in [0.5, 0.6) is 0 Å². The highest BCUT2D eigenvalue weighted by Crippen LogP contribution is 2.34. The number of fused-ring (bicyclic) bond motifs is 1. The van der Waals surface area contributed by atoms with E-state index in [4.69, 9.17) is 4.52 Å². The van der Waals surface area contributed by atoms with Gasteiger partial charge in [0.25, 0.3) is 0 Å². The number of benzene rings is 2. The summed E-state index contributed by atoms with van der Waals surface area (Å²) in [4.78, 5) is 4.53. The van der Waals surface area contributed by atoms with E-state index in [1.165, 1.54) is 0 Å². The minimum atomic E-state index is -1.31. The van der Waals surface area contributed by atoms with Crippen molar-refractivity contribution >= 4 is 22.0 Å². The summed E-state index contributed by atoms with van der Waals surface area (Å²) in [7, 11) is -1.31. The van der Waals surface area contributed by atoms with E-state index in [0.717, 1.165) is 39.0 Å². The Bertz CT molecular complexity index is 1360. The van der Waals surface area contributed by atoms with Crippen molar-refractivity contribution in [2.24, 2.45) is 0 Å². The highest BCUT2D eigenvalue weighted by Gasteiger charge is 2.27. The minimum absolute atomic E-state index is 0.296. The molecule has 0 bridgehead atoms. The first-order valence-electron chi connectivity index (χ1n) is 10.8. The zero-order chi connectivity index (χ0) is 23.6. The van der Waals surface area contributed by atoms with E-state index in [9.17, 15) is 9.47 Å². The highest BCUT2D eigenvalue weighted by molar-refractivity contribution is 7.84. The van der Waals surface area contributed by atoms with Crippen molar-refractivity contribution in [1.82, 2.24) is 14.9 Å². The Morgan fingerprint density at radius 3 is 2.61 bits per heavy atom. The second kappa shape index (κ2) is 9.26. The Labute approximate surface area is 196 Å². The lowest BCUT2D eigenvalue weighted by molar-refractivity contribution is 0.459. The van der Waals surface area contributed by atoms with Crippen molar-refractivity contribution < 1.29 is 8.73 Å². The molecule has 33 heavy (non-hydrogen) atoms. The first-order chi connectivity index (χ1) is 15.8. The van der Waals surface area contributed by atoms with Gasteiger partial charge < -0.3 is 4.52 Å². The van der Waals surface area contributed by atoms with Crippen LogP contribution in [-0.4, -0.2) is 19.1 Å². The van der Waals surface area contributed by atoms with Crippen LogP contribution < -0.4 is 4.72 Å². The van der Waals surface area contributed by atoms with Gasteiger partial charge in [0.05, 0.1) is 27.3 Å². The summed E-state index contributed by atoms with van der Waals surface area (Å²) in [6.07, 6.45) is 2.09. The molecule has 2 atom stereocenters. The van der Waals surface area contributed by atoms with Crippen LogP contribution in [0.15, 0.2) is 65.3 Å². The second-order valence-corrected chi connectivity index (χ2v) is 11.0. The molecule has 2 aromatic heterocycles. The van der Waals surface area contributed by atoms with Gasteiger partial charge in [-0.25, -0.2) is 8.93 Å². The van der Waals surface area contributed by atoms with E-state index in [1.54, 1.807) is 6.20 Å². The van der Waals surface area contributed by atoms with E-state index in [-0.39, 0.29) is 6.04 Å². The molecule has 7 heteroatoms. The normalized spacial score (nSPS) is 13.5. The highest BCUT2D eigenvalue weighted by atomic mass is 32.2. The van der Waals surface area contributed by atoms with Gasteiger partial charge in [-0.05, 0) is 57.0 Å². The lowest BCUT2D eigenvalue weighted by Gasteiger charge is -2.26. The van der Waals surface area contributed by atoms with Crippen LogP contribution in [0.1, 0.15) is 49.2 Å². The summed E-state index contributed by atoms with van der Waals surface area (Å²) in [5.74, 6) is 0. The lowest BCUT2D eigenvalue weighted by Crippen LogP contribution is -2.37. The second-order valence-electron chi connectivity index (χ2n) is 8.97. The number of pyridine rings is 1. The molecule has 0 amide bonds. The molecule has 2 aromatic carbocycles. The number of nitrogens with zero attached hydrogens (tertiary/aromatic N) is 3. The molecule has 6 nitrogen and oxygen atoms in total. The Kier molecular flexibility index (Phi) is 6.41. The maximum atomic E-state index is 13.1. The van der Waals surface area contributed by atoms with Crippen molar-refractivity contribution in [2.45, 2.75) is 44.9 Å². The van der Waals surface area contributed by atoms with Gasteiger partial charge in [0.1, 0.15) is 11.8 Å². The number of aromatic nitrogens is 2. The Morgan fingerprint density at radius 1 is 1.15 bits per heavy atom. The van der Waals surface area contributed by atoms with Crippen molar-refractivity contribution in [3.8, 4) is 17.3 Å². The largest absolute Gasteiger partial charge is 0.356 e. The van der Waals surface area contributed by atoms with Crippen LogP contribution in [-0.2, 0) is 17.4 Å². The third kappa shape index (κ3) is 4.87. The lowest BCUT2D eigenvalue weighted by atomic mass is 9.93. The van der Waals surface area contributed by atoms with E-state index in [0.29, 0.717) is 12.0 Å². The number of hydrogen-bond acceptors (Lipinski definition) is 5. The molecule has 0 saturated heterocycles. The molecule has 0 spiro atoms. The van der Waals surface area contributed by atoms with Gasteiger partial charge in [-0.15, -0.1) is 0 Å². The number of nitriles is 1. The van der Waals surface area contributed by atoms with Gasteiger partial charge in [0, 0.05) is 29.3 Å². The molecule has 1 unspecified atom stereocenters. The van der Waals surface area contributed by atoms with E-state index in [2.05, 4.69) is 20.9 Å². The topological polar surface area (TPSA) is 91.8 Å². The molecule has 0 aliphatic rings. The van der Waals surface area contributed by atoms with E-state index < -0.39 is 15.7 Å². The molecule has 1 N–H and O–H groups in total. The fourth-order valence-electron chi connectivity index (χ4n) is 3.69. The summed E-state index contributed by atoms with van der Waals surface area (Å²) < 4.78 is 21.6. The summed E-state index contributed by atoms with van der Waals surface area (Å²) >= 11 is 0. The van der Waals surface area contributed by atoms with E-state index >= 15 is 0 Å². The van der Waals surface area contributed by atoms with Gasteiger partial charge in [0.2, 0.25) is 0 Å². The van der Waals surface area contributed by atoms with Crippen molar-refractivity contribution in [2.75, 3.05) is 0 Å². The van der Waals surface area contributed by atoms with Crippen LogP contribution in [0.4, 0.5) is 0 Å². The predicted octanol–water partition coefficient (Wildman–Crippen LogP) is 5.41. The van der Waals surface area contributed by atoms with E-state index in [1.807, 2.05) is 82.3 Å². The molecule has 4 aromatic rings. The smallest absolute Gasteiger partial charge is 0.167 e. The van der Waals surface area contributed by atoms with Gasteiger partial charge in [-0.1, -0.05) is 41.6 Å². The molecular weight excluding hydrogens is 432 g/mol. The molecule has 0 saturated carbocycles. The summed E-state index contributed by atoms with van der Waals surface area (Å²) in [6, 6.07) is 19.4. The number of para-hydroxylation sites is 1. The van der Waals surface area contributed by atoms with Crippen LogP contribution in [0.25, 0.3) is 22.2 Å². The van der Waals surface area contributed by atoms with Crippen LogP contribution in [0.2, 0.25) is 0 Å². The average molecular weight is 459 g/mol. The maximum absolute atomic E-state index is 13.1. The number of hydrogen-bond donors (Lipinski definition) is 1. The number of rotatable bonds is 6. The van der Waals surface area contributed by atoms with Gasteiger partial charge >= 0.3 is 0 Å². The summed E-state index contributed by atoms with van der Waals surface area (Å²) in [6.45, 7) is 7.76. The fourth-order valence-corrected chi connectivity index (χ4v) is 4.51. The monoisotopic (exact) mass is 458 g/mol. The van der Waals surface area contributed by atoms with Crippen LogP contribution in [0.3, 0.4) is 0 Å². The standard InChI is InChI=1S/C26H26N4O2S/c1-17-13-18(15-27)16-28-22(17)14-23(30-33(31)26(2,3)4)19-9-5-6-10-20(19)25-21-11-7-8-12-24(21)32-29-25/h5-13,16,23,30H,14H2,1-4H3/t23-,33?/m0/s1. The molecule has 0 aliphatic heterocycles. The van der Waals surface area contributed by atoms with Crippen molar-refractivity contribution in [3.63, 3.8) is 0 Å². The Balaban J connectivity index is 1.81. The quantitative estimate of drug-likeness (QED) is 0.417. The molecule has 0 radical (unpaired) electrons. The molecule has 2 heterocycles. The third-order valence-electron chi connectivity index (χ3n) is 5.49. The van der Waals surface area contributed by atoms with Crippen LogP contribution in [0, 0.1) is 18.3 Å². The molecule has 168 valence electrons. The average Bonchev–Trinajstić information content (AvgIpc) is 3.23. The first kappa shape index (κ1) is 22.8. The van der Waals surface area contributed by atoms with Gasteiger partial charge in [-0.2, -0.15) is 5.26 Å². The van der Waals surface area contributed by atoms with Crippen molar-refractivity contribution in [1.29, 1.82) is 5.26 Å². The van der Waals surface area contributed by atoms with Crippen LogP contribution >= 0.6 is 0 Å². The fraction of sp³-hybridized carbons (Fsp3) is 0.269. The third-order valence-corrected chi connectivity index (χ3v) is 7.10. The van der Waals surface area contributed by atoms with Gasteiger partial charge in [-0.3, -0.25) is 4.98 Å². The Hall–Kier alpha value is -3.34. The maximum Gasteiger partial charge on any atom is 0.167 e. The minimum Gasteiger partial charge on any atom is -0.356 e. The summed E-state index contributed by atoms with van der Waals surface area (Å²) in [5, 5.41) is 14.5. The summed E-state index contributed by atoms with van der Waals surface area (Å²) in [5.41, 5.74) is 5.63. The van der Waals surface area contributed by atoms with Gasteiger partial charge in [0.15, 0.2) is 5.58 Å². The number of nitrogens with one attached hydrogen (secondary N) is 1. The molecule has 4 rings (SSSR count). The SMILES string of the molecule is Cc1cc(C#N)cnc1C[C@H](NS(=O)C(C)(C)C)c1ccccc1-c1noc2ccccc12. The first-order valence-corrected chi connectivity index (χ1v) is 11.9. The molecule has 0 aliphatic carbocycles. The molecule has 0 fully saturated rings. The molecular formula is C26H26N4O2S. The zero-order valence-electron chi connectivity index (χ0n) is 19.1. The van der Waals surface area contributed by atoms with Crippen molar-refractivity contribution in [3.05, 3.63) is 83.2 Å². The zero-order valence-corrected chi connectivity index (χ0v) is 19.9. The predicted molar refractivity (Wildman–Crippen MR) is 131 cm³/mol.